The first-order valence-corrected chi connectivity index (χ1v) is 28.3. The van der Waals surface area contributed by atoms with Crippen molar-refractivity contribution in [3.63, 3.8) is 0 Å². The van der Waals surface area contributed by atoms with Gasteiger partial charge in [0, 0.05) is 115 Å². The Labute approximate surface area is 495 Å². The van der Waals surface area contributed by atoms with E-state index in [1.807, 2.05) is 101 Å². The van der Waals surface area contributed by atoms with Crippen LogP contribution in [0.15, 0.2) is 132 Å². The van der Waals surface area contributed by atoms with Gasteiger partial charge in [-0.3, -0.25) is 0 Å². The molecule has 0 bridgehead atoms. The second-order valence-electron chi connectivity index (χ2n) is 24.0. The van der Waals surface area contributed by atoms with E-state index in [1.165, 1.54) is 16.9 Å². The Kier molecular flexibility index (Phi) is 37.2. The molecule has 0 aromatic heterocycles. The second-order valence-corrected chi connectivity index (χ2v) is 35.3. The molecule has 0 aliphatic heterocycles. The Balaban J connectivity index is -0.000000397. The van der Waals surface area contributed by atoms with Gasteiger partial charge in [0.25, 0.3) is 0 Å². The number of nitrogens with one attached hydrogen (secondary N) is 1. The van der Waals surface area contributed by atoms with Crippen LogP contribution in [0, 0.1) is 13.8 Å². The Morgan fingerprint density at radius 2 is 0.849 bits per heavy atom. The summed E-state index contributed by atoms with van der Waals surface area (Å²) < 4.78 is 11.2. The minimum atomic E-state index is -0.502. The fourth-order valence-corrected chi connectivity index (χ4v) is 23.5. The van der Waals surface area contributed by atoms with E-state index in [0.29, 0.717) is 25.8 Å². The number of aryl methyl sites for hydroxylation is 1. The topological polar surface area (TPSA) is 93.0 Å². The van der Waals surface area contributed by atoms with Gasteiger partial charge in [-0.2, -0.15) is 0 Å². The predicted molar refractivity (Wildman–Crippen MR) is 331 cm³/mol. The van der Waals surface area contributed by atoms with E-state index in [9.17, 15) is 0 Å². The number of ether oxygens (including phenoxy) is 2. The molecule has 0 spiro atoms. The molecule has 408 valence electrons. The fraction of sp³-hybridized carbons (Fsp3) is 0.492. The number of anilines is 5. The van der Waals surface area contributed by atoms with Gasteiger partial charge in [-0.25, -0.2) is 0 Å². The van der Waals surface area contributed by atoms with Crippen LogP contribution < -0.4 is 59.9 Å². The van der Waals surface area contributed by atoms with Gasteiger partial charge in [0.2, 0.25) is 0 Å². The number of methoxy groups -OCH3 is 2. The third kappa shape index (κ3) is 33.5. The van der Waals surface area contributed by atoms with E-state index in [0.717, 1.165) is 33.0 Å². The number of hydrogen-bond donors (Lipinski definition) is 2. The summed E-state index contributed by atoms with van der Waals surface area (Å²) in [6, 6.07) is 42.0. The van der Waals surface area contributed by atoms with Crippen molar-refractivity contribution in [3.05, 3.63) is 144 Å². The van der Waals surface area contributed by atoms with Crippen LogP contribution >= 0.6 is 31.8 Å². The third-order valence-corrected chi connectivity index (χ3v) is 19.9. The molecule has 0 radical (unpaired) electrons. The first kappa shape index (κ1) is 77.2. The summed E-state index contributed by atoms with van der Waals surface area (Å²) in [5, 5.41) is 5.89. The first-order chi connectivity index (χ1) is 31.8. The van der Waals surface area contributed by atoms with Gasteiger partial charge < -0.3 is 35.8 Å². The molecule has 0 aliphatic rings. The molecule has 12 heteroatoms. The third-order valence-electron chi connectivity index (χ3n) is 10.5. The number of nitrogen functional groups attached to an aromatic ring is 1. The maximum atomic E-state index is 5.45. The monoisotopic (exact) mass is 1210 g/mol. The minimum Gasteiger partial charge on any atom is -0.870 e. The van der Waals surface area contributed by atoms with E-state index in [2.05, 4.69) is 211 Å². The average molecular weight is 1210 g/mol. The Bertz CT molecular complexity index is 2060. The average Bonchev–Trinajstić information content (AvgIpc) is 3.19. The number of nitrogens with zero attached hydrogens (tertiary/aromatic N) is 2. The van der Waals surface area contributed by atoms with Crippen molar-refractivity contribution < 1.29 is 64.9 Å². The van der Waals surface area contributed by atoms with E-state index in [1.54, 1.807) is 20.3 Å². The van der Waals surface area contributed by atoms with Crippen LogP contribution in [-0.4, -0.2) is 78.8 Å². The van der Waals surface area contributed by atoms with Crippen LogP contribution in [0.2, 0.25) is 0 Å². The smallest absolute Gasteiger partial charge is 0.870 e. The summed E-state index contributed by atoms with van der Waals surface area (Å²) in [5.74, 6) is 1.65. The van der Waals surface area contributed by atoms with Gasteiger partial charge >= 0.3 is 29.6 Å². The van der Waals surface area contributed by atoms with Gasteiger partial charge in [-0.15, -0.1) is 0 Å². The van der Waals surface area contributed by atoms with Crippen molar-refractivity contribution in [2.24, 2.45) is 0 Å². The SMILES string of the molecule is CC(C)(C)[PH+](C(C)(C)C)C(C)(C)C.CN(C)c1ccc(Br)cc1.COc1cccc(N)c1.COc1cccc(Nc2ccc(N(C)C)cc2)c1.Cc1ccccc1.[CH2+]C(C)(C)[PH+](C(C)(C)C)C(C)(C)C.[Na+].[OH-].[Pd]. The molecule has 73 heavy (non-hydrogen) atoms. The Morgan fingerprint density at radius 3 is 1.11 bits per heavy atom. The van der Waals surface area contributed by atoms with Crippen LogP contribution in [0.1, 0.15) is 123 Å². The Morgan fingerprint density at radius 1 is 0.493 bits per heavy atom. The van der Waals surface area contributed by atoms with Gasteiger partial charge in [0.1, 0.15) is 18.4 Å². The molecular formula is C61H101BrN4NaO3P2Pd+3. The molecule has 0 atom stereocenters. The molecule has 0 heterocycles. The largest absolute Gasteiger partial charge is 1.00 e. The molecule has 7 nitrogen and oxygen atoms in total. The molecule has 5 aromatic carbocycles. The zero-order valence-corrected chi connectivity index (χ0v) is 57.4. The number of nitrogens with two attached hydrogens (primary N) is 1. The van der Waals surface area contributed by atoms with Crippen LogP contribution in [0.5, 0.6) is 11.5 Å². The van der Waals surface area contributed by atoms with E-state index >= 15 is 0 Å². The van der Waals surface area contributed by atoms with Crippen molar-refractivity contribution in [1.82, 2.24) is 0 Å². The molecule has 0 saturated carbocycles. The molecule has 0 saturated heterocycles. The molecular weight excluding hydrogens is 1110 g/mol. The fourth-order valence-electron chi connectivity index (χ4n) is 10.2. The van der Waals surface area contributed by atoms with Gasteiger partial charge in [0.15, 0.2) is 5.16 Å². The quantitative estimate of drug-likeness (QED) is 0.0726. The van der Waals surface area contributed by atoms with Crippen molar-refractivity contribution in [2.75, 3.05) is 63.3 Å². The van der Waals surface area contributed by atoms with Gasteiger partial charge in [-0.05, 0) is 184 Å². The maximum Gasteiger partial charge on any atom is 1.00 e. The summed E-state index contributed by atoms with van der Waals surface area (Å²) in [4.78, 5) is 4.15. The van der Waals surface area contributed by atoms with Crippen LogP contribution in [0.25, 0.3) is 0 Å². The van der Waals surface area contributed by atoms with E-state index in [-0.39, 0.29) is 60.6 Å². The van der Waals surface area contributed by atoms with Crippen molar-refractivity contribution in [1.29, 1.82) is 0 Å². The standard InChI is InChI=1S/C15H18N2O.C12H27P.C12H26P.C8H10BrN.C7H9NO.C7H8.Na.H2O.Pd/c1-17(2)14-9-7-12(8-10-14)16-13-5-4-6-15(11-13)18-3;2*1-10(2,3)13(11(4,5)6)12(7,8)9;1-10(2)8-5-3-7(9)4-6-8;1-9-7-4-2-3-6(8)5-7;1-7-5-3-2-4-6-7;;;/h4-11,16H,1-3H3;1-9H3;1H2,2-9H3;3-6H,1-2H3;2-5H,8H2,1H3;2-6H,1H3;;1H2;/q;;+1;;;;+1;;/p+1. The molecule has 0 amide bonds. The van der Waals surface area contributed by atoms with Crippen LogP contribution in [-0.2, 0) is 20.4 Å². The zero-order valence-electron chi connectivity index (χ0n) is 50.3. The van der Waals surface area contributed by atoms with E-state index in [4.69, 9.17) is 15.2 Å². The summed E-state index contributed by atoms with van der Waals surface area (Å²) in [6.07, 6.45) is 0. The predicted octanol–water partition coefficient (Wildman–Crippen LogP) is 15.1. The number of hydrogen-bond acceptors (Lipinski definition) is 7. The molecule has 5 rings (SSSR count). The molecule has 0 aliphatic carbocycles. The second kappa shape index (κ2) is 35.2. The number of halogens is 1. The molecule has 0 fully saturated rings. The van der Waals surface area contributed by atoms with Crippen molar-refractivity contribution in [3.8, 4) is 11.5 Å². The molecule has 0 unspecified atom stereocenters. The van der Waals surface area contributed by atoms with Crippen LogP contribution in [0.4, 0.5) is 28.4 Å². The van der Waals surface area contributed by atoms with Gasteiger partial charge in [0.05, 0.1) is 47.9 Å². The van der Waals surface area contributed by atoms with E-state index < -0.39 is 15.8 Å². The Hall–Kier alpha value is -2.27. The summed E-state index contributed by atoms with van der Waals surface area (Å²) in [5.41, 5.74) is 12.0. The summed E-state index contributed by atoms with van der Waals surface area (Å²) in [6.45, 7) is 46.8. The minimum absolute atomic E-state index is 0. The maximum absolute atomic E-state index is 5.45. The van der Waals surface area contributed by atoms with Crippen molar-refractivity contribution in [2.45, 2.75) is 156 Å². The number of benzene rings is 5. The normalized spacial score (nSPS) is 11.1. The summed E-state index contributed by atoms with van der Waals surface area (Å²) >= 11 is 3.38. The molecule has 5 aromatic rings. The van der Waals surface area contributed by atoms with Crippen LogP contribution in [0.3, 0.4) is 0 Å². The van der Waals surface area contributed by atoms with Crippen molar-refractivity contribution >= 4 is 60.2 Å². The summed E-state index contributed by atoms with van der Waals surface area (Å²) in [7, 11) is 10.5. The zero-order chi connectivity index (χ0) is 54.5. The molecule has 4 N–H and O–H groups in total. The van der Waals surface area contributed by atoms with Gasteiger partial charge in [-0.1, -0.05) is 64.0 Å². The number of rotatable bonds is 7. The first-order valence-electron chi connectivity index (χ1n) is 24.5.